The van der Waals surface area contributed by atoms with Gasteiger partial charge in [-0.1, -0.05) is 12.1 Å². The highest BCUT2D eigenvalue weighted by molar-refractivity contribution is 5.90. The maximum absolute atomic E-state index is 12.5. The second kappa shape index (κ2) is 8.19. The summed E-state index contributed by atoms with van der Waals surface area (Å²) in [4.78, 5) is 12.5. The predicted molar refractivity (Wildman–Crippen MR) is 98.7 cm³/mol. The van der Waals surface area contributed by atoms with Gasteiger partial charge in [-0.25, -0.2) is 4.79 Å². The molecule has 1 heterocycles. The van der Waals surface area contributed by atoms with Crippen molar-refractivity contribution in [2.45, 2.75) is 71.3 Å². The number of hydrogen-bond donors (Lipinski definition) is 2. The highest BCUT2D eigenvalue weighted by Gasteiger charge is 2.38. The fourth-order valence-electron chi connectivity index (χ4n) is 3.91. The van der Waals surface area contributed by atoms with Crippen LogP contribution < -0.4 is 10.6 Å². The zero-order valence-electron chi connectivity index (χ0n) is 15.5. The molecule has 2 fully saturated rings. The lowest BCUT2D eigenvalue weighted by Crippen LogP contribution is -2.47. The van der Waals surface area contributed by atoms with Gasteiger partial charge < -0.3 is 20.1 Å². The molecule has 0 spiro atoms. The predicted octanol–water partition coefficient (Wildman–Crippen LogP) is 4.00. The number of ether oxygens (including phenoxy) is 2. The van der Waals surface area contributed by atoms with Crippen LogP contribution in [-0.4, -0.2) is 30.9 Å². The molecule has 1 saturated carbocycles. The first-order chi connectivity index (χ1) is 12.0. The summed E-state index contributed by atoms with van der Waals surface area (Å²) in [6.07, 6.45) is 4.86. The number of nitrogens with one attached hydrogen (secondary N) is 2. The van der Waals surface area contributed by atoms with E-state index in [2.05, 4.69) is 10.6 Å². The molecular formula is C20H30N2O3. The van der Waals surface area contributed by atoms with Crippen molar-refractivity contribution >= 4 is 11.7 Å². The average Bonchev–Trinajstić information content (AvgIpc) is 3.05. The molecule has 5 nitrogen and oxygen atoms in total. The van der Waals surface area contributed by atoms with Crippen LogP contribution in [-0.2, 0) is 16.1 Å². The van der Waals surface area contributed by atoms with Gasteiger partial charge in [0.1, 0.15) is 0 Å². The SMILES string of the molecule is Cc1c(COC(C)C)cccc1NC(=O)N[C@@H]1CCC[C@H]2OCC[C@H]12. The Morgan fingerprint density at radius 2 is 2.16 bits per heavy atom. The highest BCUT2D eigenvalue weighted by atomic mass is 16.5. The van der Waals surface area contributed by atoms with E-state index in [4.69, 9.17) is 9.47 Å². The topological polar surface area (TPSA) is 59.6 Å². The lowest BCUT2D eigenvalue weighted by Gasteiger charge is -2.33. The van der Waals surface area contributed by atoms with E-state index in [1.54, 1.807) is 0 Å². The number of anilines is 1. The molecule has 3 rings (SSSR count). The summed E-state index contributed by atoms with van der Waals surface area (Å²) >= 11 is 0. The normalized spacial score (nSPS) is 25.7. The van der Waals surface area contributed by atoms with Crippen LogP contribution in [0.4, 0.5) is 10.5 Å². The Morgan fingerprint density at radius 1 is 1.32 bits per heavy atom. The standard InChI is InChI=1S/C20H30N2O3/c1-13(2)25-12-15-6-4-7-17(14(15)3)21-20(23)22-18-8-5-9-19-16(18)10-11-24-19/h4,6-7,13,16,18-19H,5,8-12H2,1-3H3,(H2,21,22,23)/t16-,18-,19-/m1/s1. The van der Waals surface area contributed by atoms with E-state index in [0.717, 1.165) is 49.1 Å². The largest absolute Gasteiger partial charge is 0.378 e. The van der Waals surface area contributed by atoms with Gasteiger partial charge in [0.15, 0.2) is 0 Å². The van der Waals surface area contributed by atoms with Crippen molar-refractivity contribution in [3.05, 3.63) is 29.3 Å². The van der Waals surface area contributed by atoms with E-state index in [-0.39, 0.29) is 18.2 Å². The zero-order chi connectivity index (χ0) is 17.8. The molecule has 138 valence electrons. The molecule has 5 heteroatoms. The van der Waals surface area contributed by atoms with Gasteiger partial charge in [-0.05, 0) is 63.6 Å². The Labute approximate surface area is 150 Å². The molecule has 1 aliphatic carbocycles. The third kappa shape index (κ3) is 4.53. The van der Waals surface area contributed by atoms with Gasteiger partial charge in [0.25, 0.3) is 0 Å². The lowest BCUT2D eigenvalue weighted by molar-refractivity contribution is 0.0553. The Hall–Kier alpha value is -1.59. The minimum Gasteiger partial charge on any atom is -0.378 e. The van der Waals surface area contributed by atoms with Crippen LogP contribution in [0, 0.1) is 12.8 Å². The Balaban J connectivity index is 1.60. The van der Waals surface area contributed by atoms with Crippen LogP contribution in [0.5, 0.6) is 0 Å². The van der Waals surface area contributed by atoms with Gasteiger partial charge in [0.05, 0.1) is 18.8 Å². The maximum Gasteiger partial charge on any atom is 0.319 e. The third-order valence-electron chi connectivity index (χ3n) is 5.36. The number of carbonyl (C=O) groups excluding carboxylic acids is 1. The van der Waals surface area contributed by atoms with Crippen molar-refractivity contribution in [3.63, 3.8) is 0 Å². The second-order valence-electron chi connectivity index (χ2n) is 7.45. The molecule has 25 heavy (non-hydrogen) atoms. The van der Waals surface area contributed by atoms with Crippen molar-refractivity contribution in [1.29, 1.82) is 0 Å². The summed E-state index contributed by atoms with van der Waals surface area (Å²) in [6, 6.07) is 6.04. The van der Waals surface area contributed by atoms with Crippen LogP contribution >= 0.6 is 0 Å². The minimum absolute atomic E-state index is 0.123. The summed E-state index contributed by atoms with van der Waals surface area (Å²) in [7, 11) is 0. The summed E-state index contributed by atoms with van der Waals surface area (Å²) in [6.45, 7) is 7.46. The van der Waals surface area contributed by atoms with Crippen LogP contribution in [0.2, 0.25) is 0 Å². The lowest BCUT2D eigenvalue weighted by atomic mass is 9.82. The molecule has 1 aromatic rings. The second-order valence-corrected chi connectivity index (χ2v) is 7.45. The van der Waals surface area contributed by atoms with E-state index in [1.165, 1.54) is 0 Å². The molecule has 2 aliphatic rings. The first-order valence-electron chi connectivity index (χ1n) is 9.44. The average molecular weight is 346 g/mol. The molecule has 3 atom stereocenters. The summed E-state index contributed by atoms with van der Waals surface area (Å²) in [5.41, 5.74) is 3.01. The molecule has 1 saturated heterocycles. The van der Waals surface area contributed by atoms with Gasteiger partial charge in [-0.3, -0.25) is 0 Å². The molecule has 0 bridgehead atoms. The number of amides is 2. The summed E-state index contributed by atoms with van der Waals surface area (Å²) in [5, 5.41) is 6.19. The van der Waals surface area contributed by atoms with Gasteiger partial charge >= 0.3 is 6.03 Å². The van der Waals surface area contributed by atoms with E-state index in [9.17, 15) is 4.79 Å². The minimum atomic E-state index is -0.123. The van der Waals surface area contributed by atoms with Gasteiger partial charge in [-0.2, -0.15) is 0 Å². The quantitative estimate of drug-likeness (QED) is 0.847. The van der Waals surface area contributed by atoms with E-state index in [1.807, 2.05) is 39.0 Å². The van der Waals surface area contributed by atoms with Crippen LogP contribution in [0.15, 0.2) is 18.2 Å². The van der Waals surface area contributed by atoms with Gasteiger partial charge in [0, 0.05) is 24.3 Å². The summed E-state index contributed by atoms with van der Waals surface area (Å²) < 4.78 is 11.5. The van der Waals surface area contributed by atoms with Crippen molar-refractivity contribution in [2.75, 3.05) is 11.9 Å². The van der Waals surface area contributed by atoms with Crippen LogP contribution in [0.1, 0.15) is 50.7 Å². The number of fused-ring (bicyclic) bond motifs is 1. The Kier molecular flexibility index (Phi) is 5.97. The zero-order valence-corrected chi connectivity index (χ0v) is 15.5. The number of urea groups is 1. The molecule has 0 unspecified atom stereocenters. The number of benzene rings is 1. The molecule has 0 radical (unpaired) electrons. The van der Waals surface area contributed by atoms with Crippen LogP contribution in [0.25, 0.3) is 0 Å². The third-order valence-corrected chi connectivity index (χ3v) is 5.36. The fourth-order valence-corrected chi connectivity index (χ4v) is 3.91. The number of carbonyl (C=O) groups is 1. The van der Waals surface area contributed by atoms with Crippen molar-refractivity contribution in [2.24, 2.45) is 5.92 Å². The fraction of sp³-hybridized carbons (Fsp3) is 0.650. The maximum atomic E-state index is 12.5. The van der Waals surface area contributed by atoms with E-state index < -0.39 is 0 Å². The molecule has 1 aliphatic heterocycles. The smallest absolute Gasteiger partial charge is 0.319 e. The van der Waals surface area contributed by atoms with Crippen LogP contribution in [0.3, 0.4) is 0 Å². The van der Waals surface area contributed by atoms with Crippen molar-refractivity contribution < 1.29 is 14.3 Å². The highest BCUT2D eigenvalue weighted by Crippen LogP contribution is 2.34. The number of hydrogen-bond acceptors (Lipinski definition) is 3. The molecule has 2 N–H and O–H groups in total. The number of rotatable bonds is 5. The van der Waals surface area contributed by atoms with Gasteiger partial charge in [0.2, 0.25) is 0 Å². The molecule has 0 aromatic heterocycles. The van der Waals surface area contributed by atoms with E-state index in [0.29, 0.717) is 18.6 Å². The summed E-state index contributed by atoms with van der Waals surface area (Å²) in [5.74, 6) is 0.464. The Morgan fingerprint density at radius 3 is 2.96 bits per heavy atom. The van der Waals surface area contributed by atoms with Crippen molar-refractivity contribution in [1.82, 2.24) is 5.32 Å². The molecule has 1 aromatic carbocycles. The van der Waals surface area contributed by atoms with E-state index >= 15 is 0 Å². The monoisotopic (exact) mass is 346 g/mol. The van der Waals surface area contributed by atoms with Gasteiger partial charge in [-0.15, -0.1) is 0 Å². The molecule has 2 amide bonds. The van der Waals surface area contributed by atoms with Crippen molar-refractivity contribution in [3.8, 4) is 0 Å². The Bertz CT molecular complexity index is 603. The molecular weight excluding hydrogens is 316 g/mol. The first-order valence-corrected chi connectivity index (χ1v) is 9.44. The first kappa shape index (κ1) is 18.2.